The van der Waals surface area contributed by atoms with E-state index in [-0.39, 0.29) is 5.69 Å². The summed E-state index contributed by atoms with van der Waals surface area (Å²) in [5.41, 5.74) is 2.82. The first kappa shape index (κ1) is 12.5. The summed E-state index contributed by atoms with van der Waals surface area (Å²) in [4.78, 5) is 16.9. The van der Waals surface area contributed by atoms with E-state index < -0.39 is 0 Å². The lowest BCUT2D eigenvalue weighted by Gasteiger charge is -2.21. The first-order valence-electron chi connectivity index (χ1n) is 7.19. The lowest BCUT2D eigenvalue weighted by Crippen LogP contribution is -2.26. The van der Waals surface area contributed by atoms with Gasteiger partial charge in [-0.1, -0.05) is 19.3 Å². The molecule has 2 heterocycles. The number of hydrogen-bond donors (Lipinski definition) is 0. The number of hydrogen-bond acceptors (Lipinski definition) is 2. The second-order valence-electron chi connectivity index (χ2n) is 5.75. The molecule has 0 radical (unpaired) electrons. The maximum atomic E-state index is 12.4. The van der Waals surface area contributed by atoms with Crippen molar-refractivity contribution in [2.45, 2.75) is 45.6 Å². The van der Waals surface area contributed by atoms with Gasteiger partial charge in [0.15, 0.2) is 5.65 Å². The fourth-order valence-corrected chi connectivity index (χ4v) is 3.16. The van der Waals surface area contributed by atoms with Gasteiger partial charge in [-0.15, -0.1) is 0 Å². The summed E-state index contributed by atoms with van der Waals surface area (Å²) in [7, 11) is 1.83. The summed E-state index contributed by atoms with van der Waals surface area (Å²) < 4.78 is 3.59. The molecule has 1 saturated carbocycles. The van der Waals surface area contributed by atoms with Gasteiger partial charge in [0.2, 0.25) is 0 Å². The van der Waals surface area contributed by atoms with Crippen LogP contribution in [0.15, 0.2) is 16.9 Å². The molecule has 0 N–H and O–H groups in total. The van der Waals surface area contributed by atoms with Gasteiger partial charge in [0.25, 0.3) is 0 Å². The number of pyridine rings is 1. The largest absolute Gasteiger partial charge is 0.330 e. The van der Waals surface area contributed by atoms with Gasteiger partial charge in [0.1, 0.15) is 0 Å². The van der Waals surface area contributed by atoms with Crippen molar-refractivity contribution in [1.29, 1.82) is 0 Å². The van der Waals surface area contributed by atoms with Crippen LogP contribution in [0.2, 0.25) is 0 Å². The molecular weight excluding hydrogens is 238 g/mol. The average molecular weight is 259 g/mol. The number of fused-ring (bicyclic) bond motifs is 1. The van der Waals surface area contributed by atoms with Gasteiger partial charge in [0.05, 0.1) is 5.52 Å². The Morgan fingerprint density at radius 3 is 2.74 bits per heavy atom. The molecule has 0 aromatic carbocycles. The molecule has 0 spiro atoms. The minimum absolute atomic E-state index is 0.0682. The number of aromatic nitrogens is 3. The molecule has 1 aliphatic carbocycles. The number of rotatable bonds is 2. The van der Waals surface area contributed by atoms with Crippen molar-refractivity contribution >= 4 is 11.2 Å². The molecule has 0 amide bonds. The van der Waals surface area contributed by atoms with Crippen molar-refractivity contribution in [3.8, 4) is 0 Å². The molecule has 0 aliphatic heterocycles. The van der Waals surface area contributed by atoms with Gasteiger partial charge in [-0.25, -0.2) is 9.78 Å². The molecule has 1 fully saturated rings. The van der Waals surface area contributed by atoms with Crippen LogP contribution >= 0.6 is 0 Å². The van der Waals surface area contributed by atoms with Crippen LogP contribution in [0.4, 0.5) is 0 Å². The van der Waals surface area contributed by atoms with Crippen LogP contribution in [0.3, 0.4) is 0 Å². The Hall–Kier alpha value is -1.58. The predicted octanol–water partition coefficient (Wildman–Crippen LogP) is 2.62. The van der Waals surface area contributed by atoms with E-state index >= 15 is 0 Å². The normalized spacial score (nSPS) is 17.2. The molecule has 0 saturated heterocycles. The molecule has 102 valence electrons. The topological polar surface area (TPSA) is 39.8 Å². The van der Waals surface area contributed by atoms with Crippen molar-refractivity contribution < 1.29 is 0 Å². The van der Waals surface area contributed by atoms with Crippen molar-refractivity contribution in [1.82, 2.24) is 14.1 Å². The van der Waals surface area contributed by atoms with Crippen molar-refractivity contribution in [3.63, 3.8) is 0 Å². The fraction of sp³-hybridized carbons (Fsp3) is 0.600. The van der Waals surface area contributed by atoms with Gasteiger partial charge >= 0.3 is 5.69 Å². The van der Waals surface area contributed by atoms with Gasteiger partial charge in [0, 0.05) is 19.3 Å². The van der Waals surface area contributed by atoms with Crippen LogP contribution in [0.5, 0.6) is 0 Å². The van der Waals surface area contributed by atoms with E-state index in [1.165, 1.54) is 32.1 Å². The molecule has 1 aliphatic rings. The Labute approximate surface area is 113 Å². The van der Waals surface area contributed by atoms with E-state index in [1.807, 2.05) is 30.7 Å². The molecular formula is C15H21N3O. The van der Waals surface area contributed by atoms with Crippen LogP contribution < -0.4 is 5.69 Å². The van der Waals surface area contributed by atoms with Crippen molar-refractivity contribution in [2.24, 2.45) is 13.0 Å². The van der Waals surface area contributed by atoms with Crippen molar-refractivity contribution in [3.05, 3.63) is 28.3 Å². The van der Waals surface area contributed by atoms with E-state index in [0.717, 1.165) is 23.4 Å². The zero-order chi connectivity index (χ0) is 13.4. The molecule has 0 bridgehead atoms. The second-order valence-corrected chi connectivity index (χ2v) is 5.75. The van der Waals surface area contributed by atoms with Crippen LogP contribution in [0, 0.1) is 12.8 Å². The third-order valence-corrected chi connectivity index (χ3v) is 4.29. The minimum Gasteiger partial charge on any atom is -0.293 e. The summed E-state index contributed by atoms with van der Waals surface area (Å²) in [6.07, 6.45) is 6.44. The summed E-state index contributed by atoms with van der Waals surface area (Å²) in [6, 6.07) is 3.96. The highest BCUT2D eigenvalue weighted by Crippen LogP contribution is 2.25. The van der Waals surface area contributed by atoms with E-state index in [0.29, 0.717) is 5.92 Å². The highest BCUT2D eigenvalue weighted by Gasteiger charge is 2.18. The van der Waals surface area contributed by atoms with E-state index in [4.69, 9.17) is 0 Å². The standard InChI is InChI=1S/C15H21N3O/c1-11-8-9-13-14(16-11)18(15(19)17(13)2)10-12-6-4-3-5-7-12/h8-9,12H,3-7,10H2,1-2H3. The maximum Gasteiger partial charge on any atom is 0.330 e. The minimum atomic E-state index is 0.0682. The Morgan fingerprint density at radius 2 is 2.00 bits per heavy atom. The Morgan fingerprint density at radius 1 is 1.26 bits per heavy atom. The second kappa shape index (κ2) is 4.83. The van der Waals surface area contributed by atoms with Gasteiger partial charge < -0.3 is 0 Å². The van der Waals surface area contributed by atoms with E-state index in [1.54, 1.807) is 4.57 Å². The SMILES string of the molecule is Cc1ccc2c(n1)n(CC1CCCCC1)c(=O)n2C. The average Bonchev–Trinajstić information content (AvgIpc) is 2.65. The Bertz CT molecular complexity index is 647. The number of aryl methyl sites for hydroxylation is 2. The fourth-order valence-electron chi connectivity index (χ4n) is 3.16. The van der Waals surface area contributed by atoms with Gasteiger partial charge in [-0.2, -0.15) is 0 Å². The van der Waals surface area contributed by atoms with E-state index in [9.17, 15) is 4.79 Å². The highest BCUT2D eigenvalue weighted by atomic mass is 16.1. The quantitative estimate of drug-likeness (QED) is 0.831. The van der Waals surface area contributed by atoms with Crippen LogP contribution in [0.25, 0.3) is 11.2 Å². The molecule has 4 heteroatoms. The number of nitrogens with zero attached hydrogens (tertiary/aromatic N) is 3. The lowest BCUT2D eigenvalue weighted by atomic mass is 9.89. The smallest absolute Gasteiger partial charge is 0.293 e. The molecule has 3 rings (SSSR count). The maximum absolute atomic E-state index is 12.4. The molecule has 4 nitrogen and oxygen atoms in total. The van der Waals surface area contributed by atoms with Crippen LogP contribution in [-0.2, 0) is 13.6 Å². The summed E-state index contributed by atoms with van der Waals surface area (Å²) in [6.45, 7) is 2.80. The molecule has 0 atom stereocenters. The summed E-state index contributed by atoms with van der Waals surface area (Å²) in [5.74, 6) is 0.638. The summed E-state index contributed by atoms with van der Waals surface area (Å²) in [5, 5.41) is 0. The van der Waals surface area contributed by atoms with E-state index in [2.05, 4.69) is 4.98 Å². The Balaban J connectivity index is 2.04. The molecule has 2 aromatic rings. The van der Waals surface area contributed by atoms with Crippen LogP contribution in [-0.4, -0.2) is 14.1 Å². The molecule has 19 heavy (non-hydrogen) atoms. The third-order valence-electron chi connectivity index (χ3n) is 4.29. The molecule has 0 unspecified atom stereocenters. The Kier molecular flexibility index (Phi) is 3.17. The zero-order valence-corrected chi connectivity index (χ0v) is 11.7. The molecule has 2 aromatic heterocycles. The zero-order valence-electron chi connectivity index (χ0n) is 11.7. The lowest BCUT2D eigenvalue weighted by molar-refractivity contribution is 0.318. The first-order chi connectivity index (χ1) is 9.16. The predicted molar refractivity (Wildman–Crippen MR) is 76.3 cm³/mol. The van der Waals surface area contributed by atoms with Crippen molar-refractivity contribution in [2.75, 3.05) is 0 Å². The van der Waals surface area contributed by atoms with Gasteiger partial charge in [-0.05, 0) is 37.8 Å². The van der Waals surface area contributed by atoms with Gasteiger partial charge in [-0.3, -0.25) is 9.13 Å². The number of imidazole rings is 1. The van der Waals surface area contributed by atoms with Crippen LogP contribution in [0.1, 0.15) is 37.8 Å². The highest BCUT2D eigenvalue weighted by molar-refractivity contribution is 5.71. The third kappa shape index (κ3) is 2.20. The summed E-state index contributed by atoms with van der Waals surface area (Å²) >= 11 is 0. The monoisotopic (exact) mass is 259 g/mol. The first-order valence-corrected chi connectivity index (χ1v) is 7.19.